The third-order valence-corrected chi connectivity index (χ3v) is 3.23. The fourth-order valence-corrected chi connectivity index (χ4v) is 2.03. The molecule has 2 unspecified atom stereocenters. The van der Waals surface area contributed by atoms with Gasteiger partial charge in [0.15, 0.2) is 6.29 Å². The molecule has 2 aromatic rings. The summed E-state index contributed by atoms with van der Waals surface area (Å²) >= 11 is 0. The molecule has 0 bridgehead atoms. The molecule has 2 aromatic carbocycles. The zero-order valence-electron chi connectivity index (χ0n) is 12.6. The summed E-state index contributed by atoms with van der Waals surface area (Å²) in [7, 11) is 1.64. The van der Waals surface area contributed by atoms with E-state index in [0.717, 1.165) is 11.1 Å². The number of benzene rings is 2. The van der Waals surface area contributed by atoms with Crippen molar-refractivity contribution in [3.8, 4) is 0 Å². The molecule has 21 heavy (non-hydrogen) atoms. The molecule has 0 aromatic heterocycles. The highest BCUT2D eigenvalue weighted by Gasteiger charge is 2.18. The van der Waals surface area contributed by atoms with E-state index in [2.05, 4.69) is 0 Å². The molecule has 0 N–H and O–H groups in total. The van der Waals surface area contributed by atoms with Crippen molar-refractivity contribution in [1.82, 2.24) is 0 Å². The van der Waals surface area contributed by atoms with Crippen molar-refractivity contribution in [3.05, 3.63) is 71.8 Å². The molecule has 0 aliphatic rings. The van der Waals surface area contributed by atoms with Gasteiger partial charge in [0, 0.05) is 7.11 Å². The predicted octanol–water partition coefficient (Wildman–Crippen LogP) is 3.78. The Morgan fingerprint density at radius 2 is 1.24 bits per heavy atom. The largest absolute Gasteiger partial charge is 0.369 e. The Morgan fingerprint density at radius 3 is 1.71 bits per heavy atom. The molecule has 0 aliphatic carbocycles. The zero-order chi connectivity index (χ0) is 14.9. The lowest BCUT2D eigenvalue weighted by atomic mass is 10.2. The molecule has 2 rings (SSSR count). The van der Waals surface area contributed by atoms with Crippen LogP contribution in [-0.4, -0.2) is 19.5 Å². The minimum Gasteiger partial charge on any atom is -0.369 e. The second kappa shape index (κ2) is 8.57. The van der Waals surface area contributed by atoms with E-state index >= 15 is 0 Å². The average molecular weight is 286 g/mol. The van der Waals surface area contributed by atoms with E-state index in [0.29, 0.717) is 13.2 Å². The van der Waals surface area contributed by atoms with Gasteiger partial charge in [0.1, 0.15) is 6.10 Å². The van der Waals surface area contributed by atoms with Crippen LogP contribution in [0.5, 0.6) is 0 Å². The molecule has 0 aliphatic heterocycles. The van der Waals surface area contributed by atoms with Gasteiger partial charge in [-0.05, 0) is 18.1 Å². The van der Waals surface area contributed by atoms with E-state index in [4.69, 9.17) is 14.2 Å². The summed E-state index contributed by atoms with van der Waals surface area (Å²) in [6.45, 7) is 3.02. The van der Waals surface area contributed by atoms with E-state index in [9.17, 15) is 0 Å². The van der Waals surface area contributed by atoms with Gasteiger partial charge in [-0.3, -0.25) is 0 Å². The molecule has 3 heteroatoms. The van der Waals surface area contributed by atoms with Crippen LogP contribution < -0.4 is 0 Å². The predicted molar refractivity (Wildman–Crippen MR) is 82.7 cm³/mol. The van der Waals surface area contributed by atoms with Crippen molar-refractivity contribution in [1.29, 1.82) is 0 Å². The lowest BCUT2D eigenvalue weighted by Gasteiger charge is -2.23. The summed E-state index contributed by atoms with van der Waals surface area (Å²) in [6.07, 6.45) is -0.521. The first kappa shape index (κ1) is 15.7. The fraction of sp³-hybridized carbons (Fsp3) is 0.333. The molecule has 0 radical (unpaired) electrons. The molecule has 0 spiro atoms. The molecular weight excluding hydrogens is 264 g/mol. The lowest BCUT2D eigenvalue weighted by molar-refractivity contribution is -0.197. The molecule has 0 saturated heterocycles. The number of hydrogen-bond donors (Lipinski definition) is 0. The summed E-state index contributed by atoms with van der Waals surface area (Å²) in [5, 5.41) is 0. The normalized spacial score (nSPS) is 13.8. The third kappa shape index (κ3) is 5.31. The maximum atomic E-state index is 5.82. The van der Waals surface area contributed by atoms with E-state index < -0.39 is 0 Å². The summed E-state index contributed by atoms with van der Waals surface area (Å²) in [6, 6.07) is 20.1. The first-order chi connectivity index (χ1) is 10.3. The maximum absolute atomic E-state index is 5.82. The highest BCUT2D eigenvalue weighted by atomic mass is 16.7. The van der Waals surface area contributed by atoms with Crippen LogP contribution in [0.1, 0.15) is 18.1 Å². The Morgan fingerprint density at radius 1 is 0.762 bits per heavy atom. The standard InChI is InChI=1S/C18H22O3/c1-15(20-13-16-9-5-3-6-10-16)18(19-2)21-14-17-11-7-4-8-12-17/h3-12,15,18H,13-14H2,1-2H3. The fourth-order valence-electron chi connectivity index (χ4n) is 2.03. The van der Waals surface area contributed by atoms with Crippen LogP contribution in [0.25, 0.3) is 0 Å². The van der Waals surface area contributed by atoms with Gasteiger partial charge in [0.25, 0.3) is 0 Å². The highest BCUT2D eigenvalue weighted by molar-refractivity contribution is 5.14. The lowest BCUT2D eigenvalue weighted by Crippen LogP contribution is -2.30. The second-order valence-electron chi connectivity index (χ2n) is 4.90. The van der Waals surface area contributed by atoms with Crippen molar-refractivity contribution in [3.63, 3.8) is 0 Å². The third-order valence-electron chi connectivity index (χ3n) is 3.23. The van der Waals surface area contributed by atoms with Gasteiger partial charge < -0.3 is 14.2 Å². The topological polar surface area (TPSA) is 27.7 Å². The van der Waals surface area contributed by atoms with Crippen LogP contribution in [0.4, 0.5) is 0 Å². The number of rotatable bonds is 8. The highest BCUT2D eigenvalue weighted by Crippen LogP contribution is 2.11. The van der Waals surface area contributed by atoms with Gasteiger partial charge in [0.05, 0.1) is 13.2 Å². The molecule has 3 nitrogen and oxygen atoms in total. The number of methoxy groups -OCH3 is 1. The first-order valence-corrected chi connectivity index (χ1v) is 7.13. The van der Waals surface area contributed by atoms with Crippen LogP contribution >= 0.6 is 0 Å². The minimum absolute atomic E-state index is 0.140. The molecule has 2 atom stereocenters. The SMILES string of the molecule is COC(OCc1ccccc1)C(C)OCc1ccccc1. The summed E-state index contributed by atoms with van der Waals surface area (Å²) in [5.74, 6) is 0. The monoisotopic (exact) mass is 286 g/mol. The smallest absolute Gasteiger partial charge is 0.183 e. The van der Waals surface area contributed by atoms with Gasteiger partial charge in [-0.2, -0.15) is 0 Å². The molecule has 0 fully saturated rings. The molecule has 0 amide bonds. The Balaban J connectivity index is 1.79. The number of hydrogen-bond acceptors (Lipinski definition) is 3. The van der Waals surface area contributed by atoms with Crippen LogP contribution in [0.3, 0.4) is 0 Å². The van der Waals surface area contributed by atoms with Crippen LogP contribution in [-0.2, 0) is 27.4 Å². The van der Waals surface area contributed by atoms with Crippen LogP contribution in [0.15, 0.2) is 60.7 Å². The maximum Gasteiger partial charge on any atom is 0.183 e. The van der Waals surface area contributed by atoms with Gasteiger partial charge in [-0.25, -0.2) is 0 Å². The van der Waals surface area contributed by atoms with Crippen molar-refractivity contribution in [2.24, 2.45) is 0 Å². The quantitative estimate of drug-likeness (QED) is 0.691. The van der Waals surface area contributed by atoms with Crippen molar-refractivity contribution in [2.75, 3.05) is 7.11 Å². The minimum atomic E-state index is -0.381. The van der Waals surface area contributed by atoms with Crippen molar-refractivity contribution >= 4 is 0 Å². The molecule has 112 valence electrons. The second-order valence-corrected chi connectivity index (χ2v) is 4.90. The van der Waals surface area contributed by atoms with E-state index in [1.165, 1.54) is 0 Å². The Bertz CT molecular complexity index is 498. The summed E-state index contributed by atoms with van der Waals surface area (Å²) in [5.41, 5.74) is 2.26. The van der Waals surface area contributed by atoms with Gasteiger partial charge >= 0.3 is 0 Å². The Hall–Kier alpha value is -1.68. The van der Waals surface area contributed by atoms with Crippen LogP contribution in [0, 0.1) is 0 Å². The average Bonchev–Trinajstić information content (AvgIpc) is 2.55. The van der Waals surface area contributed by atoms with E-state index in [-0.39, 0.29) is 12.4 Å². The summed E-state index contributed by atoms with van der Waals surface area (Å²) < 4.78 is 17.0. The number of ether oxygens (including phenoxy) is 3. The molecule has 0 saturated carbocycles. The summed E-state index contributed by atoms with van der Waals surface area (Å²) in [4.78, 5) is 0. The molecular formula is C18H22O3. The van der Waals surface area contributed by atoms with Gasteiger partial charge in [-0.15, -0.1) is 0 Å². The van der Waals surface area contributed by atoms with E-state index in [1.807, 2.05) is 67.6 Å². The van der Waals surface area contributed by atoms with Gasteiger partial charge in [-0.1, -0.05) is 60.7 Å². The Labute approximate surface area is 126 Å². The van der Waals surface area contributed by atoms with E-state index in [1.54, 1.807) is 7.11 Å². The van der Waals surface area contributed by atoms with Crippen molar-refractivity contribution < 1.29 is 14.2 Å². The van der Waals surface area contributed by atoms with Crippen LogP contribution in [0.2, 0.25) is 0 Å². The first-order valence-electron chi connectivity index (χ1n) is 7.13. The molecule has 0 heterocycles. The van der Waals surface area contributed by atoms with Crippen molar-refractivity contribution in [2.45, 2.75) is 32.5 Å². The zero-order valence-corrected chi connectivity index (χ0v) is 12.6. The Kier molecular flexibility index (Phi) is 6.41. The van der Waals surface area contributed by atoms with Gasteiger partial charge in [0.2, 0.25) is 0 Å².